The van der Waals surface area contributed by atoms with Crippen molar-refractivity contribution >= 4 is 40.1 Å². The lowest BCUT2D eigenvalue weighted by Gasteiger charge is -2.48. The number of ether oxygens (including phenoxy) is 2. The van der Waals surface area contributed by atoms with E-state index in [0.29, 0.717) is 42.1 Å². The van der Waals surface area contributed by atoms with E-state index in [1.807, 2.05) is 26.1 Å². The lowest BCUT2D eigenvalue weighted by molar-refractivity contribution is -0.121. The zero-order chi connectivity index (χ0) is 26.6. The minimum atomic E-state index is -0.580. The van der Waals surface area contributed by atoms with Crippen LogP contribution in [0, 0.1) is 14.4 Å². The molecule has 0 fully saturated rings. The topological polar surface area (TPSA) is 98.9 Å². The van der Waals surface area contributed by atoms with E-state index in [1.165, 1.54) is 0 Å². The van der Waals surface area contributed by atoms with Gasteiger partial charge >= 0.3 is 0 Å². The molecule has 1 aromatic rings. The van der Waals surface area contributed by atoms with Gasteiger partial charge in [0.2, 0.25) is 0 Å². The third kappa shape index (κ3) is 4.93. The third-order valence-electron chi connectivity index (χ3n) is 7.20. The Morgan fingerprint density at radius 2 is 1.53 bits per heavy atom. The zero-order valence-electron chi connectivity index (χ0n) is 21.9. The van der Waals surface area contributed by atoms with Crippen LogP contribution in [0.4, 0.5) is 0 Å². The van der Waals surface area contributed by atoms with E-state index in [1.54, 1.807) is 0 Å². The first-order chi connectivity index (χ1) is 16.7. The Morgan fingerprint density at radius 3 is 2.00 bits per heavy atom. The number of nitrogens with zero attached hydrogens (tertiary/aromatic N) is 1. The second-order valence-corrected chi connectivity index (χ2v) is 12.8. The summed E-state index contributed by atoms with van der Waals surface area (Å²) in [7, 11) is 2.00. The lowest BCUT2D eigenvalue weighted by Crippen LogP contribution is -2.43. The van der Waals surface area contributed by atoms with Crippen LogP contribution in [-0.2, 0) is 14.4 Å². The molecule has 8 heteroatoms. The summed E-state index contributed by atoms with van der Waals surface area (Å²) < 4.78 is 12.3. The maximum atomic E-state index is 13.7. The fraction of sp³-hybridized carbons (Fsp3) is 0.536. The summed E-state index contributed by atoms with van der Waals surface area (Å²) in [6.07, 6.45) is 2.41. The van der Waals surface area contributed by atoms with E-state index in [-0.39, 0.29) is 29.0 Å². The smallest absolute Gasteiger partial charge is 0.255 e. The summed E-state index contributed by atoms with van der Waals surface area (Å²) in [6, 6.07) is 3.79. The average Bonchev–Trinajstić information content (AvgIpc) is 2.73. The molecule has 1 aromatic carbocycles. The van der Waals surface area contributed by atoms with Crippen LogP contribution in [0.2, 0.25) is 0 Å². The molecule has 4 rings (SSSR count). The Bertz CT molecular complexity index is 1160. The maximum Gasteiger partial charge on any atom is 0.255 e. The van der Waals surface area contributed by atoms with E-state index in [0.717, 1.165) is 33.4 Å². The summed E-state index contributed by atoms with van der Waals surface area (Å²) >= 11 is 2.15. The highest BCUT2D eigenvalue weighted by molar-refractivity contribution is 14.1. The highest BCUT2D eigenvalue weighted by Crippen LogP contribution is 2.54. The van der Waals surface area contributed by atoms with Crippen molar-refractivity contribution in [3.8, 4) is 11.5 Å². The van der Waals surface area contributed by atoms with Gasteiger partial charge in [0.1, 0.15) is 0 Å². The molecule has 0 saturated carbocycles. The fourth-order valence-electron chi connectivity index (χ4n) is 5.80. The quantitative estimate of drug-likeness (QED) is 0.465. The van der Waals surface area contributed by atoms with Crippen molar-refractivity contribution in [2.45, 2.75) is 66.2 Å². The normalized spacial score (nSPS) is 21.4. The fourth-order valence-corrected chi connectivity index (χ4v) is 6.58. The van der Waals surface area contributed by atoms with E-state index < -0.39 is 11.8 Å². The van der Waals surface area contributed by atoms with Crippen molar-refractivity contribution in [3.63, 3.8) is 0 Å². The van der Waals surface area contributed by atoms with Gasteiger partial charge in [-0.2, -0.15) is 0 Å². The second-order valence-electron chi connectivity index (χ2n) is 11.6. The number of halogens is 1. The lowest BCUT2D eigenvalue weighted by atomic mass is 9.64. The molecule has 3 aliphatic rings. The summed E-state index contributed by atoms with van der Waals surface area (Å²) in [4.78, 5) is 40.9. The predicted molar refractivity (Wildman–Crippen MR) is 146 cm³/mol. The number of rotatable bonds is 6. The molecule has 2 N–H and O–H groups in total. The average molecular weight is 607 g/mol. The van der Waals surface area contributed by atoms with Crippen molar-refractivity contribution in [2.24, 2.45) is 16.6 Å². The number of hydrogen-bond acceptors (Lipinski definition) is 6. The molecule has 2 aliphatic carbocycles. The van der Waals surface area contributed by atoms with Gasteiger partial charge in [-0.1, -0.05) is 27.7 Å². The zero-order valence-corrected chi connectivity index (χ0v) is 24.1. The highest BCUT2D eigenvalue weighted by Gasteiger charge is 2.48. The van der Waals surface area contributed by atoms with Gasteiger partial charge in [0, 0.05) is 48.3 Å². The Balaban J connectivity index is 1.94. The van der Waals surface area contributed by atoms with Crippen molar-refractivity contribution in [2.75, 3.05) is 20.3 Å². The minimum absolute atomic E-state index is 0.0873. The summed E-state index contributed by atoms with van der Waals surface area (Å²) in [5, 5.41) is 0. The van der Waals surface area contributed by atoms with Crippen LogP contribution < -0.4 is 15.2 Å². The number of ketones is 2. The van der Waals surface area contributed by atoms with Gasteiger partial charge in [-0.3, -0.25) is 14.4 Å². The Morgan fingerprint density at radius 1 is 1.00 bits per heavy atom. The van der Waals surface area contributed by atoms with Crippen LogP contribution in [0.1, 0.15) is 71.8 Å². The molecule has 0 spiro atoms. The molecule has 0 unspecified atom stereocenters. The summed E-state index contributed by atoms with van der Waals surface area (Å²) in [5.41, 5.74) is 9.25. The van der Waals surface area contributed by atoms with Gasteiger partial charge in [-0.05, 0) is 70.9 Å². The van der Waals surface area contributed by atoms with E-state index in [4.69, 9.17) is 15.2 Å². The van der Waals surface area contributed by atoms with E-state index >= 15 is 0 Å². The van der Waals surface area contributed by atoms with Crippen LogP contribution in [-0.4, -0.2) is 42.6 Å². The number of amides is 1. The standard InChI is InChI=1S/C28H35IN2O5/c1-7-35-21-9-15(8-16(29)26(21)36-14-22(30)34)23-24-17(10-27(2,3)12-19(24)32)31(6)18-11-28(4,5)13-20(33)25(18)23/h8-9,23H,7,10-14H2,1-6H3,(H2,30,34). The molecule has 1 aliphatic heterocycles. The van der Waals surface area contributed by atoms with Crippen molar-refractivity contribution in [1.82, 2.24) is 4.90 Å². The molecule has 1 heterocycles. The van der Waals surface area contributed by atoms with Crippen LogP contribution >= 0.6 is 22.6 Å². The monoisotopic (exact) mass is 606 g/mol. The SMILES string of the molecule is CCOc1cc(C2C3=C(CC(C)(C)CC3=O)N(C)C3=C2C(=O)CC(C)(C)C3)cc(I)c1OCC(N)=O. The predicted octanol–water partition coefficient (Wildman–Crippen LogP) is 4.87. The molecule has 0 atom stereocenters. The van der Waals surface area contributed by atoms with Gasteiger partial charge < -0.3 is 20.1 Å². The van der Waals surface area contributed by atoms with Crippen LogP contribution in [0.25, 0.3) is 0 Å². The van der Waals surface area contributed by atoms with E-state index in [9.17, 15) is 14.4 Å². The highest BCUT2D eigenvalue weighted by atomic mass is 127. The van der Waals surface area contributed by atoms with Gasteiger partial charge in [0.05, 0.1) is 10.2 Å². The molecule has 0 saturated heterocycles. The number of hydrogen-bond donors (Lipinski definition) is 1. The molecule has 0 bridgehead atoms. The van der Waals surface area contributed by atoms with E-state index in [2.05, 4.69) is 55.2 Å². The molecule has 0 aromatic heterocycles. The molecular formula is C28H35IN2O5. The second kappa shape index (κ2) is 9.50. The van der Waals surface area contributed by atoms with Gasteiger partial charge in [-0.25, -0.2) is 0 Å². The maximum absolute atomic E-state index is 13.7. The molecule has 7 nitrogen and oxygen atoms in total. The summed E-state index contributed by atoms with van der Waals surface area (Å²) in [5.74, 6) is 0.0348. The Labute approximate surface area is 226 Å². The Hall–Kier alpha value is -2.36. The van der Waals surface area contributed by atoms with Gasteiger partial charge in [-0.15, -0.1) is 0 Å². The molecule has 1 amide bonds. The van der Waals surface area contributed by atoms with Crippen LogP contribution in [0.15, 0.2) is 34.7 Å². The molecule has 194 valence electrons. The summed E-state index contributed by atoms with van der Waals surface area (Å²) in [6.45, 7) is 10.5. The molecule has 36 heavy (non-hydrogen) atoms. The van der Waals surface area contributed by atoms with Crippen LogP contribution in [0.5, 0.6) is 11.5 Å². The first-order valence-corrected chi connectivity index (χ1v) is 13.5. The number of primary amides is 1. The molecule has 0 radical (unpaired) electrons. The van der Waals surface area contributed by atoms with Crippen molar-refractivity contribution < 1.29 is 23.9 Å². The number of nitrogens with two attached hydrogens (primary N) is 1. The third-order valence-corrected chi connectivity index (χ3v) is 8.01. The first-order valence-electron chi connectivity index (χ1n) is 12.4. The number of allylic oxidation sites excluding steroid dienone is 4. The van der Waals surface area contributed by atoms with Crippen molar-refractivity contribution in [1.29, 1.82) is 0 Å². The first kappa shape index (κ1) is 26.7. The Kier molecular flexibility index (Phi) is 7.05. The van der Waals surface area contributed by atoms with Gasteiger partial charge in [0.15, 0.2) is 29.7 Å². The molecular weight excluding hydrogens is 571 g/mol. The number of carbonyl (C=O) groups is 3. The number of benzene rings is 1. The minimum Gasteiger partial charge on any atom is -0.490 e. The van der Waals surface area contributed by atoms with Crippen molar-refractivity contribution in [3.05, 3.63) is 43.8 Å². The number of Topliss-reactive ketones (excluding diaryl/α,β-unsaturated/α-hetero) is 2. The largest absolute Gasteiger partial charge is 0.490 e. The van der Waals surface area contributed by atoms with Crippen LogP contribution in [0.3, 0.4) is 0 Å². The number of carbonyl (C=O) groups excluding carboxylic acids is 3. The van der Waals surface area contributed by atoms with Gasteiger partial charge in [0.25, 0.3) is 5.91 Å².